The van der Waals surface area contributed by atoms with Crippen molar-refractivity contribution in [2.45, 2.75) is 57.7 Å². The Morgan fingerprint density at radius 1 is 0.902 bits per heavy atom. The number of ether oxygens (including phenoxy) is 2. The molecule has 2 fully saturated rings. The lowest BCUT2D eigenvalue weighted by Crippen LogP contribution is -2.37. The highest BCUT2D eigenvalue weighted by Gasteiger charge is 2.39. The molecule has 0 spiro atoms. The smallest absolute Gasteiger partial charge is 0.340 e. The van der Waals surface area contributed by atoms with Gasteiger partial charge in [0.2, 0.25) is 0 Å². The van der Waals surface area contributed by atoms with Gasteiger partial charge in [0.15, 0.2) is 11.6 Å². The molecule has 3 aliphatic rings. The third-order valence-corrected chi connectivity index (χ3v) is 9.03. The van der Waals surface area contributed by atoms with Crippen LogP contribution < -0.4 is 11.1 Å². The number of hydrogen-bond acceptors (Lipinski definition) is 7. The van der Waals surface area contributed by atoms with Crippen LogP contribution >= 0.6 is 11.6 Å². The van der Waals surface area contributed by atoms with E-state index in [1.807, 2.05) is 6.92 Å². The first kappa shape index (κ1) is 27.5. The van der Waals surface area contributed by atoms with Gasteiger partial charge in [0.25, 0.3) is 0 Å². The van der Waals surface area contributed by atoms with Gasteiger partial charge in [-0.1, -0.05) is 35.9 Å². The lowest BCUT2D eigenvalue weighted by atomic mass is 9.69. The van der Waals surface area contributed by atoms with Crippen LogP contribution in [0.5, 0.6) is 0 Å². The van der Waals surface area contributed by atoms with E-state index in [0.29, 0.717) is 39.9 Å². The van der Waals surface area contributed by atoms with Gasteiger partial charge in [0, 0.05) is 28.4 Å². The van der Waals surface area contributed by atoms with Gasteiger partial charge in [-0.25, -0.2) is 4.79 Å². The fraction of sp³-hybridized carbons (Fsp3) is 0.364. The molecule has 4 unspecified atom stereocenters. The van der Waals surface area contributed by atoms with E-state index < -0.39 is 11.8 Å². The second kappa shape index (κ2) is 11.3. The molecule has 0 saturated heterocycles. The fourth-order valence-electron chi connectivity index (χ4n) is 6.79. The summed E-state index contributed by atoms with van der Waals surface area (Å²) in [6.45, 7) is 2.77. The molecule has 212 valence electrons. The maximum atomic E-state index is 13.7. The number of fused-ring (bicyclic) bond motifs is 3. The predicted molar refractivity (Wildman–Crippen MR) is 158 cm³/mol. The zero-order valence-corrected chi connectivity index (χ0v) is 23.7. The summed E-state index contributed by atoms with van der Waals surface area (Å²) in [5.74, 6) is -0.234. The largest absolute Gasteiger partial charge is 0.459 e. The summed E-state index contributed by atoms with van der Waals surface area (Å²) < 4.78 is 11.9. The first-order valence-electron chi connectivity index (χ1n) is 14.3. The van der Waals surface area contributed by atoms with Crippen LogP contribution in [0.25, 0.3) is 0 Å². The highest BCUT2D eigenvalue weighted by atomic mass is 35.5. The molecule has 4 atom stereocenters. The molecule has 3 aromatic rings. The first-order valence-corrected chi connectivity index (χ1v) is 14.7. The quantitative estimate of drug-likeness (QED) is 0.190. The molecule has 0 heterocycles. The maximum absolute atomic E-state index is 13.7. The Bertz CT molecular complexity index is 1520. The van der Waals surface area contributed by atoms with Gasteiger partial charge in [-0.3, -0.25) is 9.59 Å². The molecule has 2 saturated carbocycles. The second-order valence-electron chi connectivity index (χ2n) is 11.2. The normalized spacial score (nSPS) is 23.3. The number of esters is 1. The van der Waals surface area contributed by atoms with Crippen molar-refractivity contribution in [1.29, 1.82) is 0 Å². The molecule has 7 nitrogen and oxygen atoms in total. The van der Waals surface area contributed by atoms with Crippen molar-refractivity contribution < 1.29 is 23.9 Å². The number of nitrogens with two attached hydrogens (primary N) is 1. The minimum absolute atomic E-state index is 0.0255. The number of rotatable bonds is 6. The Labute approximate surface area is 244 Å². The number of nitrogen functional groups attached to an aromatic ring is 1. The van der Waals surface area contributed by atoms with Gasteiger partial charge in [-0.15, -0.1) is 0 Å². The minimum Gasteiger partial charge on any atom is -0.459 e. The minimum atomic E-state index is -0.588. The summed E-state index contributed by atoms with van der Waals surface area (Å²) in [6, 6.07) is 15.1. The van der Waals surface area contributed by atoms with Crippen LogP contribution in [-0.4, -0.2) is 36.4 Å². The van der Waals surface area contributed by atoms with Crippen LogP contribution in [0.15, 0.2) is 54.6 Å². The zero-order chi connectivity index (χ0) is 28.7. The van der Waals surface area contributed by atoms with Crippen molar-refractivity contribution >= 4 is 46.2 Å². The summed E-state index contributed by atoms with van der Waals surface area (Å²) in [5.41, 5.74) is 8.24. The number of hydrogen-bond donors (Lipinski definition) is 2. The highest BCUT2D eigenvalue weighted by Crippen LogP contribution is 2.43. The summed E-state index contributed by atoms with van der Waals surface area (Å²) in [5, 5.41) is 3.77. The summed E-state index contributed by atoms with van der Waals surface area (Å²) in [4.78, 5) is 41.0. The molecule has 0 aliphatic heterocycles. The molecular formula is C33H33ClN2O5. The molecule has 8 heteroatoms. The van der Waals surface area contributed by atoms with Crippen molar-refractivity contribution in [3.63, 3.8) is 0 Å². The van der Waals surface area contributed by atoms with Crippen LogP contribution in [0, 0.1) is 11.8 Å². The van der Waals surface area contributed by atoms with Crippen LogP contribution in [0.3, 0.4) is 0 Å². The SMILES string of the molecule is CCOC1CCC2CC(OC(=O)c3cc(Nc4ccc(Cl)cc4)c4c(c3N)C(=O)c3ccccc3C4=O)CCC2C1. The topological polar surface area (TPSA) is 108 Å². The number of carbonyl (C=O) groups excluding carboxylic acids is 3. The average Bonchev–Trinajstić information content (AvgIpc) is 2.98. The van der Waals surface area contributed by atoms with E-state index in [2.05, 4.69) is 5.32 Å². The van der Waals surface area contributed by atoms with Gasteiger partial charge in [0.1, 0.15) is 6.10 Å². The third-order valence-electron chi connectivity index (χ3n) is 8.77. The zero-order valence-electron chi connectivity index (χ0n) is 23.0. The van der Waals surface area contributed by atoms with E-state index in [4.69, 9.17) is 26.8 Å². The summed E-state index contributed by atoms with van der Waals surface area (Å²) in [6.07, 6.45) is 5.83. The number of benzene rings is 3. The van der Waals surface area contributed by atoms with E-state index in [-0.39, 0.29) is 39.8 Å². The van der Waals surface area contributed by atoms with Crippen molar-refractivity contribution in [2.24, 2.45) is 11.8 Å². The van der Waals surface area contributed by atoms with Crippen LogP contribution in [0.2, 0.25) is 5.02 Å². The Balaban J connectivity index is 1.31. The lowest BCUT2D eigenvalue weighted by molar-refractivity contribution is -0.0371. The third kappa shape index (κ3) is 5.24. The first-order chi connectivity index (χ1) is 19.8. The van der Waals surface area contributed by atoms with Gasteiger partial charge in [-0.2, -0.15) is 0 Å². The Kier molecular flexibility index (Phi) is 7.58. The molecule has 3 N–H and O–H groups in total. The summed E-state index contributed by atoms with van der Waals surface area (Å²) in [7, 11) is 0. The van der Waals surface area contributed by atoms with E-state index in [1.54, 1.807) is 48.5 Å². The summed E-state index contributed by atoms with van der Waals surface area (Å²) >= 11 is 6.06. The van der Waals surface area contributed by atoms with E-state index in [9.17, 15) is 14.4 Å². The highest BCUT2D eigenvalue weighted by molar-refractivity contribution is 6.33. The Morgan fingerprint density at radius 3 is 2.17 bits per heavy atom. The van der Waals surface area contributed by atoms with Crippen molar-refractivity contribution in [1.82, 2.24) is 0 Å². The standard InChI is InChI=1S/C33H33ClN2O5/c1-2-40-22-13-7-19-16-23(14-8-18(19)15-22)41-33(39)26-17-27(36-21-11-9-20(34)10-12-21)28-29(30(26)35)32(38)25-6-4-3-5-24(25)31(28)37/h3-6,9-12,17-19,22-23,36H,2,7-8,13-16,35H2,1H3. The number of ketones is 2. The number of carbonyl (C=O) groups is 3. The van der Waals surface area contributed by atoms with E-state index in [0.717, 1.165) is 45.1 Å². The van der Waals surface area contributed by atoms with Crippen molar-refractivity contribution in [3.8, 4) is 0 Å². The molecule has 3 aromatic carbocycles. The van der Waals surface area contributed by atoms with Gasteiger partial charge in [0.05, 0.1) is 34.2 Å². The molecule has 0 aromatic heterocycles. The molecule has 6 rings (SSSR count). The van der Waals surface area contributed by atoms with Crippen molar-refractivity contribution in [2.75, 3.05) is 17.7 Å². The molecule has 0 radical (unpaired) electrons. The average molecular weight is 573 g/mol. The predicted octanol–water partition coefficient (Wildman–Crippen LogP) is 6.97. The van der Waals surface area contributed by atoms with Crippen molar-refractivity contribution in [3.05, 3.63) is 87.4 Å². The van der Waals surface area contributed by atoms with Gasteiger partial charge < -0.3 is 20.5 Å². The van der Waals surface area contributed by atoms with Crippen LogP contribution in [0.1, 0.15) is 87.6 Å². The lowest BCUT2D eigenvalue weighted by Gasteiger charge is -2.41. The van der Waals surface area contributed by atoms with Crippen LogP contribution in [-0.2, 0) is 9.47 Å². The number of anilines is 3. The Morgan fingerprint density at radius 2 is 1.51 bits per heavy atom. The maximum Gasteiger partial charge on any atom is 0.340 e. The number of nitrogens with one attached hydrogen (secondary N) is 1. The van der Waals surface area contributed by atoms with E-state index in [1.165, 1.54) is 6.07 Å². The van der Waals surface area contributed by atoms with Gasteiger partial charge in [-0.05, 0) is 87.6 Å². The second-order valence-corrected chi connectivity index (χ2v) is 11.7. The fourth-order valence-corrected chi connectivity index (χ4v) is 6.91. The molecule has 41 heavy (non-hydrogen) atoms. The monoisotopic (exact) mass is 572 g/mol. The molecule has 3 aliphatic carbocycles. The molecule has 0 bridgehead atoms. The Hall–Kier alpha value is -3.68. The van der Waals surface area contributed by atoms with Crippen LogP contribution in [0.4, 0.5) is 17.1 Å². The number of halogens is 1. The molecule has 0 amide bonds. The molecular weight excluding hydrogens is 540 g/mol. The van der Waals surface area contributed by atoms with E-state index >= 15 is 0 Å². The van der Waals surface area contributed by atoms with Gasteiger partial charge >= 0.3 is 5.97 Å².